The summed E-state index contributed by atoms with van der Waals surface area (Å²) >= 11 is 0. The second-order valence-corrected chi connectivity index (χ2v) is 10.7. The van der Waals surface area contributed by atoms with Gasteiger partial charge in [0.05, 0.1) is 18.8 Å². The molecule has 0 heterocycles. The molecule has 0 aliphatic heterocycles. The van der Waals surface area contributed by atoms with E-state index >= 15 is 0 Å². The topological polar surface area (TPSA) is 217 Å². The van der Waals surface area contributed by atoms with E-state index in [1.807, 2.05) is 0 Å². The number of hydrazine groups is 1. The van der Waals surface area contributed by atoms with Gasteiger partial charge in [-0.3, -0.25) is 20.2 Å². The van der Waals surface area contributed by atoms with Crippen LogP contribution in [0.3, 0.4) is 0 Å². The van der Waals surface area contributed by atoms with E-state index in [2.05, 4.69) is 21.4 Å². The molecule has 0 saturated heterocycles. The van der Waals surface area contributed by atoms with Crippen molar-refractivity contribution in [2.24, 2.45) is 5.73 Å². The van der Waals surface area contributed by atoms with E-state index in [1.165, 1.54) is 6.08 Å². The molecule has 16 heteroatoms. The van der Waals surface area contributed by atoms with Crippen LogP contribution in [0.25, 0.3) is 0 Å². The van der Waals surface area contributed by atoms with Gasteiger partial charge in [0.1, 0.15) is 12.1 Å². The molecule has 1 aliphatic rings. The van der Waals surface area contributed by atoms with Gasteiger partial charge in [-0.2, -0.15) is 0 Å². The van der Waals surface area contributed by atoms with Crippen LogP contribution in [0, 0.1) is 0 Å². The second kappa shape index (κ2) is 17.0. The molecule has 0 radical (unpaired) electrons. The largest absolute Gasteiger partial charge is 0.446 e. The number of benzene rings is 2. The van der Waals surface area contributed by atoms with Crippen molar-refractivity contribution in [3.63, 3.8) is 0 Å². The van der Waals surface area contributed by atoms with Crippen molar-refractivity contribution >= 4 is 47.6 Å². The fourth-order valence-corrected chi connectivity index (χ4v) is 4.28. The lowest BCUT2D eigenvalue weighted by Crippen LogP contribution is -2.61. The minimum Gasteiger partial charge on any atom is -0.446 e. The molecule has 252 valence electrons. The molecule has 6 amide bonds. The number of amides is 6. The van der Waals surface area contributed by atoms with Crippen molar-refractivity contribution in [3.05, 3.63) is 72.3 Å². The molecule has 0 fully saturated rings. The van der Waals surface area contributed by atoms with Crippen LogP contribution in [0.4, 0.5) is 30.6 Å². The maximum atomic E-state index is 13.4. The summed E-state index contributed by atoms with van der Waals surface area (Å²) in [5, 5.41) is 8.08. The number of anilines is 2. The van der Waals surface area contributed by atoms with E-state index in [1.54, 1.807) is 88.4 Å². The highest BCUT2D eigenvalue weighted by atomic mass is 16.6. The molecular formula is C31H38N6O10. The number of nitrogens with zero attached hydrogens (tertiary/aromatic N) is 1. The van der Waals surface area contributed by atoms with Crippen LogP contribution < -0.4 is 27.1 Å². The van der Waals surface area contributed by atoms with Gasteiger partial charge in [-0.25, -0.2) is 29.6 Å². The number of hydrogen-bond donors (Lipinski definition) is 5. The molecule has 2 aromatic rings. The summed E-state index contributed by atoms with van der Waals surface area (Å²) < 4.78 is 21.9. The van der Waals surface area contributed by atoms with Gasteiger partial charge in [-0.1, -0.05) is 36.4 Å². The molecule has 1 aliphatic carbocycles. The molecule has 3 rings (SSSR count). The fraction of sp³-hybridized carbons (Fsp3) is 0.355. The number of nitrogens with one attached hydrogen (secondary N) is 4. The average molecular weight is 655 g/mol. The predicted octanol–water partition coefficient (Wildman–Crippen LogP) is 3.42. The number of rotatable bonds is 10. The Labute approximate surface area is 270 Å². The lowest BCUT2D eigenvalue weighted by molar-refractivity contribution is -0.123. The Morgan fingerprint density at radius 1 is 0.787 bits per heavy atom. The zero-order chi connectivity index (χ0) is 34.5. The fourth-order valence-electron chi connectivity index (χ4n) is 4.28. The lowest BCUT2D eigenvalue weighted by Gasteiger charge is -2.40. The van der Waals surface area contributed by atoms with Gasteiger partial charge < -0.3 is 30.0 Å². The monoisotopic (exact) mass is 654 g/mol. The molecule has 47 heavy (non-hydrogen) atoms. The van der Waals surface area contributed by atoms with Crippen LogP contribution in [-0.4, -0.2) is 78.2 Å². The average Bonchev–Trinajstić information content (AvgIpc) is 2.99. The number of para-hydroxylation sites is 2. The molecule has 0 saturated carbocycles. The van der Waals surface area contributed by atoms with E-state index in [0.717, 1.165) is 0 Å². The van der Waals surface area contributed by atoms with E-state index in [-0.39, 0.29) is 12.0 Å². The molecule has 2 aromatic carbocycles. The molecule has 0 aromatic heterocycles. The van der Waals surface area contributed by atoms with Crippen LogP contribution in [-0.2, 0) is 28.5 Å². The molecule has 0 bridgehead atoms. The maximum Gasteiger partial charge on any atom is 0.429 e. The van der Waals surface area contributed by atoms with Crippen molar-refractivity contribution < 1.29 is 47.7 Å². The van der Waals surface area contributed by atoms with Crippen molar-refractivity contribution in [1.29, 1.82) is 0 Å². The van der Waals surface area contributed by atoms with Gasteiger partial charge in [-0.05, 0) is 58.0 Å². The number of carbonyl (C=O) groups is 6. The zero-order valence-corrected chi connectivity index (χ0v) is 26.3. The lowest BCUT2D eigenvalue weighted by atomic mass is 9.89. The van der Waals surface area contributed by atoms with Crippen LogP contribution in [0.5, 0.6) is 0 Å². The minimum atomic E-state index is -1.55. The van der Waals surface area contributed by atoms with Gasteiger partial charge in [0.25, 0.3) is 0 Å². The Bertz CT molecular complexity index is 1450. The third kappa shape index (κ3) is 11.6. The first-order chi connectivity index (χ1) is 22.3. The van der Waals surface area contributed by atoms with Crippen molar-refractivity contribution in [2.75, 3.05) is 17.2 Å². The molecular weight excluding hydrogens is 616 g/mol. The van der Waals surface area contributed by atoms with Gasteiger partial charge in [0.15, 0.2) is 6.10 Å². The van der Waals surface area contributed by atoms with E-state index in [0.29, 0.717) is 16.4 Å². The third-order valence-electron chi connectivity index (χ3n) is 6.14. The first-order valence-corrected chi connectivity index (χ1v) is 14.6. The smallest absolute Gasteiger partial charge is 0.429 e. The summed E-state index contributed by atoms with van der Waals surface area (Å²) in [5.74, 6) is -1.64. The summed E-state index contributed by atoms with van der Waals surface area (Å²) in [5.41, 5.74) is 8.10. The highest BCUT2D eigenvalue weighted by molar-refractivity contribution is 5.96. The normalized spacial score (nSPS) is 17.0. The molecule has 16 nitrogen and oxygen atoms in total. The molecule has 6 N–H and O–H groups in total. The third-order valence-corrected chi connectivity index (χ3v) is 6.14. The van der Waals surface area contributed by atoms with E-state index in [4.69, 9.17) is 24.7 Å². The first kappa shape index (κ1) is 35.7. The summed E-state index contributed by atoms with van der Waals surface area (Å²) in [7, 11) is 0. The van der Waals surface area contributed by atoms with Gasteiger partial charge >= 0.3 is 24.4 Å². The van der Waals surface area contributed by atoms with Crippen molar-refractivity contribution in [3.8, 4) is 0 Å². The van der Waals surface area contributed by atoms with Gasteiger partial charge in [-0.15, -0.1) is 0 Å². The Morgan fingerprint density at radius 2 is 1.32 bits per heavy atom. The number of carbonyl (C=O) groups excluding carboxylic acids is 6. The number of hydrogen-bond acceptors (Lipinski definition) is 10. The number of primary amides is 1. The van der Waals surface area contributed by atoms with Crippen LogP contribution in [0.2, 0.25) is 0 Å². The zero-order valence-electron chi connectivity index (χ0n) is 26.3. The molecule has 3 atom stereocenters. The Kier molecular flexibility index (Phi) is 12.9. The Balaban J connectivity index is 2.08. The first-order valence-electron chi connectivity index (χ1n) is 14.6. The maximum absolute atomic E-state index is 13.4. The molecule has 3 unspecified atom stereocenters. The van der Waals surface area contributed by atoms with Gasteiger partial charge in [0.2, 0.25) is 11.8 Å². The number of nitrogens with two attached hydrogens (primary N) is 1. The van der Waals surface area contributed by atoms with E-state index < -0.39 is 73.2 Å². The molecule has 0 spiro atoms. The highest BCUT2D eigenvalue weighted by Crippen LogP contribution is 2.29. The SMILES string of the molecule is CC(C)OC(=O)NN(C(=O)OC(C)C)C1C=C(C(=O)NCC(N)=O)CC(OC(=O)Nc2ccccc2)C1OC(=O)Nc1ccccc1. The highest BCUT2D eigenvalue weighted by Gasteiger charge is 2.46. The van der Waals surface area contributed by atoms with Gasteiger partial charge in [0, 0.05) is 23.4 Å². The Morgan fingerprint density at radius 3 is 1.83 bits per heavy atom. The van der Waals surface area contributed by atoms with Crippen LogP contribution in [0.15, 0.2) is 72.3 Å². The standard InChI is InChI=1S/C31H38N6O10/c1-18(2)44-30(42)36-37(31(43)45-19(3)4)23-15-20(27(39)33-17-25(32)38)16-24(46-28(40)34-21-11-7-5-8-12-21)26(23)47-29(41)35-22-13-9-6-10-14-22/h5-15,18-19,23-24,26H,16-17H2,1-4H3,(H2,32,38)(H,33,39)(H,34,40)(H,35,41)(H,36,42). The summed E-state index contributed by atoms with van der Waals surface area (Å²) in [6.45, 7) is 5.74. The van der Waals surface area contributed by atoms with Crippen molar-refractivity contribution in [1.82, 2.24) is 15.8 Å². The minimum absolute atomic E-state index is 0.0987. The van der Waals surface area contributed by atoms with Crippen LogP contribution in [0.1, 0.15) is 34.1 Å². The summed E-state index contributed by atoms with van der Waals surface area (Å²) in [6, 6.07) is 15.0. The van der Waals surface area contributed by atoms with Crippen LogP contribution >= 0.6 is 0 Å². The predicted molar refractivity (Wildman–Crippen MR) is 168 cm³/mol. The van der Waals surface area contributed by atoms with Crippen molar-refractivity contribution in [2.45, 2.75) is 64.6 Å². The summed E-state index contributed by atoms with van der Waals surface area (Å²) in [6.07, 6.45) is -7.61. The number of ether oxygens (including phenoxy) is 4. The van der Waals surface area contributed by atoms with E-state index in [9.17, 15) is 28.8 Å². The summed E-state index contributed by atoms with van der Waals surface area (Å²) in [4.78, 5) is 77.0. The quantitative estimate of drug-likeness (QED) is 0.186. The Hall–Kier alpha value is -5.80. The second-order valence-electron chi connectivity index (χ2n) is 10.7.